The molecule has 0 spiro atoms. The fourth-order valence-corrected chi connectivity index (χ4v) is 2.23. The molecule has 0 amide bonds. The normalized spacial score (nSPS) is 10.6. The summed E-state index contributed by atoms with van der Waals surface area (Å²) >= 11 is 0. The first-order valence-electron chi connectivity index (χ1n) is 6.51. The largest absolute Gasteiger partial charge is 0.298 e. The molecule has 2 aromatic carbocycles. The highest BCUT2D eigenvalue weighted by molar-refractivity contribution is 5.33. The maximum atomic E-state index is 13.1. The van der Waals surface area contributed by atoms with Crippen molar-refractivity contribution in [2.45, 2.75) is 20.0 Å². The first-order valence-corrected chi connectivity index (χ1v) is 6.51. The first kappa shape index (κ1) is 14.2. The van der Waals surface area contributed by atoms with Crippen LogP contribution in [0, 0.1) is 24.1 Å². The van der Waals surface area contributed by atoms with Gasteiger partial charge in [-0.25, -0.2) is 4.39 Å². The third-order valence-corrected chi connectivity index (χ3v) is 3.25. The van der Waals surface area contributed by atoms with Gasteiger partial charge in [0.25, 0.3) is 0 Å². The molecule has 2 aromatic rings. The van der Waals surface area contributed by atoms with Crippen LogP contribution in [-0.4, -0.2) is 11.9 Å². The smallest absolute Gasteiger partial charge is 0.123 e. The van der Waals surface area contributed by atoms with Crippen LogP contribution in [0.1, 0.15) is 22.3 Å². The number of aryl methyl sites for hydroxylation is 1. The van der Waals surface area contributed by atoms with Crippen molar-refractivity contribution in [3.8, 4) is 6.07 Å². The minimum atomic E-state index is -0.198. The Morgan fingerprint density at radius 2 is 1.95 bits per heavy atom. The van der Waals surface area contributed by atoms with Crippen molar-refractivity contribution in [3.63, 3.8) is 0 Å². The molecule has 0 fully saturated rings. The minimum Gasteiger partial charge on any atom is -0.298 e. The summed E-state index contributed by atoms with van der Waals surface area (Å²) in [5.41, 5.74) is 3.85. The lowest BCUT2D eigenvalue weighted by Gasteiger charge is -2.18. The monoisotopic (exact) mass is 268 g/mol. The van der Waals surface area contributed by atoms with Crippen molar-refractivity contribution in [2.75, 3.05) is 7.05 Å². The molecule has 20 heavy (non-hydrogen) atoms. The third-order valence-electron chi connectivity index (χ3n) is 3.25. The number of nitrogens with zero attached hydrogens (tertiary/aromatic N) is 2. The molecule has 0 N–H and O–H groups in total. The summed E-state index contributed by atoms with van der Waals surface area (Å²) in [5.74, 6) is -0.198. The van der Waals surface area contributed by atoms with Gasteiger partial charge in [-0.3, -0.25) is 4.90 Å². The van der Waals surface area contributed by atoms with Crippen molar-refractivity contribution >= 4 is 0 Å². The molecule has 0 saturated heterocycles. The number of hydrogen-bond donors (Lipinski definition) is 0. The number of hydrogen-bond acceptors (Lipinski definition) is 2. The predicted octanol–water partition coefficient (Wildman–Crippen LogP) is 3.64. The summed E-state index contributed by atoms with van der Waals surface area (Å²) in [7, 11) is 2.02. The van der Waals surface area contributed by atoms with Crippen LogP contribution in [0.25, 0.3) is 0 Å². The van der Waals surface area contributed by atoms with E-state index in [9.17, 15) is 4.39 Å². The van der Waals surface area contributed by atoms with Crippen molar-refractivity contribution in [3.05, 3.63) is 70.5 Å². The SMILES string of the molecule is Cc1cc(F)ccc1CN(C)Cc1cccc(C#N)c1. The van der Waals surface area contributed by atoms with Crippen molar-refractivity contribution in [1.29, 1.82) is 5.26 Å². The Labute approximate surface area is 119 Å². The molecule has 0 aliphatic heterocycles. The molecule has 0 saturated carbocycles. The van der Waals surface area contributed by atoms with E-state index in [1.807, 2.05) is 38.2 Å². The van der Waals surface area contributed by atoms with Gasteiger partial charge in [-0.15, -0.1) is 0 Å². The summed E-state index contributed by atoms with van der Waals surface area (Å²) in [6.45, 7) is 3.43. The van der Waals surface area contributed by atoms with E-state index in [0.29, 0.717) is 5.56 Å². The van der Waals surface area contributed by atoms with Crippen molar-refractivity contribution < 1.29 is 4.39 Å². The van der Waals surface area contributed by atoms with E-state index < -0.39 is 0 Å². The van der Waals surface area contributed by atoms with E-state index in [-0.39, 0.29) is 5.82 Å². The zero-order valence-corrected chi connectivity index (χ0v) is 11.7. The highest BCUT2D eigenvalue weighted by Gasteiger charge is 2.05. The second-order valence-corrected chi connectivity index (χ2v) is 5.06. The third kappa shape index (κ3) is 3.66. The summed E-state index contributed by atoms with van der Waals surface area (Å²) in [6.07, 6.45) is 0. The number of nitriles is 1. The molecule has 0 heterocycles. The lowest BCUT2D eigenvalue weighted by atomic mass is 10.1. The first-order chi connectivity index (χ1) is 9.58. The highest BCUT2D eigenvalue weighted by Crippen LogP contribution is 2.14. The maximum absolute atomic E-state index is 13.1. The lowest BCUT2D eigenvalue weighted by Crippen LogP contribution is -2.18. The van der Waals surface area contributed by atoms with E-state index in [0.717, 1.165) is 29.8 Å². The zero-order chi connectivity index (χ0) is 14.5. The average Bonchev–Trinajstić information content (AvgIpc) is 2.42. The van der Waals surface area contributed by atoms with Gasteiger partial charge in [0.15, 0.2) is 0 Å². The van der Waals surface area contributed by atoms with E-state index in [4.69, 9.17) is 5.26 Å². The maximum Gasteiger partial charge on any atom is 0.123 e. The van der Waals surface area contributed by atoms with E-state index in [1.165, 1.54) is 6.07 Å². The topological polar surface area (TPSA) is 27.0 Å². The van der Waals surface area contributed by atoms with Crippen LogP contribution in [-0.2, 0) is 13.1 Å². The Bertz CT molecular complexity index is 644. The molecule has 0 bridgehead atoms. The second kappa shape index (κ2) is 6.31. The average molecular weight is 268 g/mol. The van der Waals surface area contributed by atoms with Crippen LogP contribution < -0.4 is 0 Å². The van der Waals surface area contributed by atoms with E-state index in [2.05, 4.69) is 11.0 Å². The quantitative estimate of drug-likeness (QED) is 0.846. The molecule has 0 atom stereocenters. The van der Waals surface area contributed by atoms with Crippen LogP contribution in [0.2, 0.25) is 0 Å². The number of halogens is 1. The molecule has 0 radical (unpaired) electrons. The molecule has 3 heteroatoms. The molecule has 0 unspecified atom stereocenters. The van der Waals surface area contributed by atoms with Gasteiger partial charge < -0.3 is 0 Å². The summed E-state index contributed by atoms with van der Waals surface area (Å²) in [4.78, 5) is 2.15. The number of benzene rings is 2. The van der Waals surface area contributed by atoms with E-state index >= 15 is 0 Å². The van der Waals surface area contributed by atoms with Gasteiger partial charge in [0.1, 0.15) is 5.82 Å². The van der Waals surface area contributed by atoms with Gasteiger partial charge in [0, 0.05) is 13.1 Å². The highest BCUT2D eigenvalue weighted by atomic mass is 19.1. The van der Waals surface area contributed by atoms with Crippen LogP contribution in [0.4, 0.5) is 4.39 Å². The molecule has 2 nitrogen and oxygen atoms in total. The predicted molar refractivity (Wildman–Crippen MR) is 77.5 cm³/mol. The van der Waals surface area contributed by atoms with Gasteiger partial charge in [-0.05, 0) is 54.9 Å². The fraction of sp³-hybridized carbons (Fsp3) is 0.235. The molecule has 0 aliphatic carbocycles. The van der Waals surface area contributed by atoms with Crippen LogP contribution >= 0.6 is 0 Å². The van der Waals surface area contributed by atoms with Crippen molar-refractivity contribution in [1.82, 2.24) is 4.90 Å². The van der Waals surface area contributed by atoms with Gasteiger partial charge in [0.2, 0.25) is 0 Å². The van der Waals surface area contributed by atoms with Gasteiger partial charge in [-0.2, -0.15) is 5.26 Å². The van der Waals surface area contributed by atoms with Crippen LogP contribution in [0.15, 0.2) is 42.5 Å². The number of rotatable bonds is 4. The second-order valence-electron chi connectivity index (χ2n) is 5.06. The Kier molecular flexibility index (Phi) is 4.49. The fourth-order valence-electron chi connectivity index (χ4n) is 2.23. The Balaban J connectivity index is 2.05. The summed E-state index contributed by atoms with van der Waals surface area (Å²) in [5, 5.41) is 8.89. The van der Waals surface area contributed by atoms with Crippen molar-refractivity contribution in [2.24, 2.45) is 0 Å². The van der Waals surface area contributed by atoms with E-state index in [1.54, 1.807) is 12.1 Å². The van der Waals surface area contributed by atoms with Gasteiger partial charge in [-0.1, -0.05) is 18.2 Å². The van der Waals surface area contributed by atoms with Gasteiger partial charge >= 0.3 is 0 Å². The minimum absolute atomic E-state index is 0.198. The standard InChI is InChI=1S/C17H17FN2/c1-13-8-17(18)7-6-16(13)12-20(2)11-15-5-3-4-14(9-15)10-19/h3-9H,11-12H2,1-2H3. The van der Waals surface area contributed by atoms with Gasteiger partial charge in [0.05, 0.1) is 11.6 Å². The Morgan fingerprint density at radius 1 is 1.15 bits per heavy atom. The summed E-state index contributed by atoms with van der Waals surface area (Å²) < 4.78 is 13.1. The summed E-state index contributed by atoms with van der Waals surface area (Å²) in [6, 6.07) is 14.6. The molecule has 2 rings (SSSR count). The molecule has 0 aliphatic rings. The Hall–Kier alpha value is -2.18. The molecular formula is C17H17FN2. The zero-order valence-electron chi connectivity index (χ0n) is 11.7. The Morgan fingerprint density at radius 3 is 2.65 bits per heavy atom. The van der Waals surface area contributed by atoms with Crippen LogP contribution in [0.3, 0.4) is 0 Å². The molecule has 102 valence electrons. The lowest BCUT2D eigenvalue weighted by molar-refractivity contribution is 0.318. The molecular weight excluding hydrogens is 251 g/mol. The van der Waals surface area contributed by atoms with Crippen LogP contribution in [0.5, 0.6) is 0 Å². The molecule has 0 aromatic heterocycles.